The average molecular weight is 384 g/mol. The van der Waals surface area contributed by atoms with Gasteiger partial charge in [0.1, 0.15) is 12.4 Å². The van der Waals surface area contributed by atoms with Crippen molar-refractivity contribution >= 4 is 35.0 Å². The molecule has 1 heterocycles. The summed E-state index contributed by atoms with van der Waals surface area (Å²) in [7, 11) is 0. The van der Waals surface area contributed by atoms with E-state index in [0.29, 0.717) is 21.4 Å². The molecule has 1 N–H and O–H groups in total. The number of para-hydroxylation sites is 1. The molecule has 1 aromatic heterocycles. The monoisotopic (exact) mass is 383 g/mol. The van der Waals surface area contributed by atoms with E-state index in [0.717, 1.165) is 11.3 Å². The van der Waals surface area contributed by atoms with Crippen molar-refractivity contribution < 1.29 is 4.79 Å². The smallest absolute Gasteiger partial charge is 0.234 e. The second-order valence-electron chi connectivity index (χ2n) is 5.41. The molecule has 0 aliphatic carbocycles. The molecule has 0 unspecified atom stereocenters. The van der Waals surface area contributed by atoms with Gasteiger partial charge in [-0.05, 0) is 36.8 Å². The Balaban J connectivity index is 1.70. The van der Waals surface area contributed by atoms with E-state index in [2.05, 4.69) is 15.5 Å². The first-order valence-corrected chi connectivity index (χ1v) is 9.03. The van der Waals surface area contributed by atoms with E-state index in [-0.39, 0.29) is 11.7 Å². The molecule has 26 heavy (non-hydrogen) atoms. The van der Waals surface area contributed by atoms with Crippen molar-refractivity contribution in [1.29, 1.82) is 5.26 Å². The zero-order chi connectivity index (χ0) is 18.5. The molecule has 0 atom stereocenters. The van der Waals surface area contributed by atoms with Gasteiger partial charge in [0, 0.05) is 5.02 Å². The van der Waals surface area contributed by atoms with Crippen LogP contribution in [0.4, 0.5) is 5.69 Å². The number of hydrogen-bond donors (Lipinski definition) is 1. The maximum absolute atomic E-state index is 12.3. The lowest BCUT2D eigenvalue weighted by Crippen LogP contribution is -2.15. The normalized spacial score (nSPS) is 10.3. The second-order valence-corrected chi connectivity index (χ2v) is 6.79. The van der Waals surface area contributed by atoms with Gasteiger partial charge in [0.05, 0.1) is 22.7 Å². The lowest BCUT2D eigenvalue weighted by atomic mass is 10.2. The molecule has 0 aliphatic heterocycles. The van der Waals surface area contributed by atoms with Gasteiger partial charge in [0.2, 0.25) is 5.91 Å². The van der Waals surface area contributed by atoms with E-state index in [1.807, 2.05) is 41.8 Å². The Morgan fingerprint density at radius 2 is 2.15 bits per heavy atom. The Morgan fingerprint density at radius 1 is 1.35 bits per heavy atom. The third-order valence-corrected chi connectivity index (χ3v) is 4.78. The van der Waals surface area contributed by atoms with Crippen molar-refractivity contribution in [2.45, 2.75) is 12.1 Å². The van der Waals surface area contributed by atoms with Crippen LogP contribution >= 0.6 is 23.4 Å². The van der Waals surface area contributed by atoms with Crippen molar-refractivity contribution in [3.8, 4) is 11.8 Å². The fourth-order valence-corrected chi connectivity index (χ4v) is 3.25. The molecule has 0 spiro atoms. The number of benzene rings is 2. The average Bonchev–Trinajstić information content (AvgIpc) is 3.09. The van der Waals surface area contributed by atoms with E-state index in [1.165, 1.54) is 11.8 Å². The molecule has 3 rings (SSSR count). The first-order valence-electron chi connectivity index (χ1n) is 7.67. The number of amides is 1. The number of hydrogen-bond acceptors (Lipinski definition) is 5. The molecule has 6 nitrogen and oxygen atoms in total. The molecule has 2 aromatic carbocycles. The van der Waals surface area contributed by atoms with Crippen molar-refractivity contribution in [1.82, 2.24) is 14.8 Å². The van der Waals surface area contributed by atoms with Gasteiger partial charge in [-0.1, -0.05) is 41.6 Å². The molecule has 0 saturated heterocycles. The molecule has 0 radical (unpaired) electrons. The Bertz CT molecular complexity index is 995. The standard InChI is InChI=1S/C18H14ClN5OS/c1-12-4-2-3-5-16(12)24-11-21-23-18(24)26-10-17(25)22-15-8-14(19)7-6-13(15)9-20/h2-8,11H,10H2,1H3,(H,22,25). The van der Waals surface area contributed by atoms with Crippen molar-refractivity contribution in [2.24, 2.45) is 0 Å². The van der Waals surface area contributed by atoms with E-state index >= 15 is 0 Å². The molecule has 0 fully saturated rings. The lowest BCUT2D eigenvalue weighted by Gasteiger charge is -2.10. The Morgan fingerprint density at radius 3 is 2.92 bits per heavy atom. The fraction of sp³-hybridized carbons (Fsp3) is 0.111. The highest BCUT2D eigenvalue weighted by Crippen LogP contribution is 2.23. The number of aromatic nitrogens is 3. The topological polar surface area (TPSA) is 83.6 Å². The number of nitriles is 1. The number of anilines is 1. The van der Waals surface area contributed by atoms with Crippen molar-refractivity contribution in [3.05, 3.63) is 64.9 Å². The maximum Gasteiger partial charge on any atom is 0.234 e. The van der Waals surface area contributed by atoms with Gasteiger partial charge in [-0.25, -0.2) is 0 Å². The molecule has 130 valence electrons. The number of rotatable bonds is 5. The first kappa shape index (κ1) is 18.0. The Kier molecular flexibility index (Phi) is 5.56. The predicted molar refractivity (Wildman–Crippen MR) is 102 cm³/mol. The Hall–Kier alpha value is -2.82. The highest BCUT2D eigenvalue weighted by molar-refractivity contribution is 7.99. The third kappa shape index (κ3) is 4.04. The quantitative estimate of drug-likeness (QED) is 0.677. The van der Waals surface area contributed by atoms with Gasteiger partial charge in [0.15, 0.2) is 5.16 Å². The highest BCUT2D eigenvalue weighted by atomic mass is 35.5. The second kappa shape index (κ2) is 8.04. The number of carbonyl (C=O) groups is 1. The van der Waals surface area contributed by atoms with Crippen LogP contribution in [0.15, 0.2) is 53.9 Å². The largest absolute Gasteiger partial charge is 0.324 e. The highest BCUT2D eigenvalue weighted by Gasteiger charge is 2.13. The minimum absolute atomic E-state index is 0.127. The molecular weight excluding hydrogens is 370 g/mol. The summed E-state index contributed by atoms with van der Waals surface area (Å²) in [6.45, 7) is 2.00. The zero-order valence-electron chi connectivity index (χ0n) is 13.8. The summed E-state index contributed by atoms with van der Waals surface area (Å²) in [4.78, 5) is 12.3. The first-order chi connectivity index (χ1) is 12.6. The lowest BCUT2D eigenvalue weighted by molar-refractivity contribution is -0.113. The number of carbonyl (C=O) groups excluding carboxylic acids is 1. The van der Waals surface area contributed by atoms with Crippen LogP contribution < -0.4 is 5.32 Å². The number of halogens is 1. The van der Waals surface area contributed by atoms with E-state index in [4.69, 9.17) is 16.9 Å². The third-order valence-electron chi connectivity index (χ3n) is 3.60. The van der Waals surface area contributed by atoms with Crippen LogP contribution in [0, 0.1) is 18.3 Å². The fourth-order valence-electron chi connectivity index (χ4n) is 2.36. The van der Waals surface area contributed by atoms with Gasteiger partial charge in [-0.3, -0.25) is 9.36 Å². The summed E-state index contributed by atoms with van der Waals surface area (Å²) < 4.78 is 1.84. The minimum Gasteiger partial charge on any atom is -0.324 e. The molecule has 0 bridgehead atoms. The van der Waals surface area contributed by atoms with Crippen LogP contribution in [0.25, 0.3) is 5.69 Å². The van der Waals surface area contributed by atoms with Gasteiger partial charge in [-0.2, -0.15) is 5.26 Å². The summed E-state index contributed by atoms with van der Waals surface area (Å²) in [5.41, 5.74) is 2.79. The molecule has 0 saturated carbocycles. The van der Waals surface area contributed by atoms with Gasteiger partial charge < -0.3 is 5.32 Å². The van der Waals surface area contributed by atoms with E-state index in [1.54, 1.807) is 24.5 Å². The van der Waals surface area contributed by atoms with Gasteiger partial charge >= 0.3 is 0 Å². The molecular formula is C18H14ClN5OS. The molecule has 0 aliphatic rings. The van der Waals surface area contributed by atoms with E-state index < -0.39 is 0 Å². The van der Waals surface area contributed by atoms with E-state index in [9.17, 15) is 4.79 Å². The number of aryl methyl sites for hydroxylation is 1. The van der Waals surface area contributed by atoms with Crippen molar-refractivity contribution in [3.63, 3.8) is 0 Å². The van der Waals surface area contributed by atoms with Crippen molar-refractivity contribution in [2.75, 3.05) is 11.1 Å². The van der Waals surface area contributed by atoms with Crippen LogP contribution in [0.1, 0.15) is 11.1 Å². The van der Waals surface area contributed by atoms with Crippen LogP contribution in [0.5, 0.6) is 0 Å². The van der Waals surface area contributed by atoms with Gasteiger partial charge in [0.25, 0.3) is 0 Å². The summed E-state index contributed by atoms with van der Waals surface area (Å²) in [5.74, 6) is -0.129. The van der Waals surface area contributed by atoms with Crippen LogP contribution in [0.2, 0.25) is 5.02 Å². The van der Waals surface area contributed by atoms with Crippen LogP contribution in [-0.4, -0.2) is 26.4 Å². The number of nitrogens with one attached hydrogen (secondary N) is 1. The summed E-state index contributed by atoms with van der Waals surface area (Å²) in [6, 6.07) is 14.6. The SMILES string of the molecule is Cc1ccccc1-n1cnnc1SCC(=O)Nc1cc(Cl)ccc1C#N. The van der Waals surface area contributed by atoms with Crippen LogP contribution in [-0.2, 0) is 4.79 Å². The maximum atomic E-state index is 12.3. The molecule has 1 amide bonds. The predicted octanol–water partition coefficient (Wildman–Crippen LogP) is 3.83. The van der Waals surface area contributed by atoms with Gasteiger partial charge in [-0.15, -0.1) is 10.2 Å². The summed E-state index contributed by atoms with van der Waals surface area (Å²) in [5, 5.41) is 20.9. The zero-order valence-corrected chi connectivity index (χ0v) is 15.4. The summed E-state index contributed by atoms with van der Waals surface area (Å²) in [6.07, 6.45) is 1.62. The van der Waals surface area contributed by atoms with Crippen LogP contribution in [0.3, 0.4) is 0 Å². The minimum atomic E-state index is -0.256. The summed E-state index contributed by atoms with van der Waals surface area (Å²) >= 11 is 7.20. The molecule has 3 aromatic rings. The molecule has 8 heteroatoms. The number of thioether (sulfide) groups is 1. The number of nitrogens with zero attached hydrogens (tertiary/aromatic N) is 4. The Labute approximate surface area is 159 Å².